The van der Waals surface area contributed by atoms with Crippen LogP contribution in [0.1, 0.15) is 12.8 Å². The van der Waals surface area contributed by atoms with E-state index in [1.165, 1.54) is 0 Å². The summed E-state index contributed by atoms with van der Waals surface area (Å²) in [5.41, 5.74) is 4.75. The summed E-state index contributed by atoms with van der Waals surface area (Å²) < 4.78 is 0. The van der Waals surface area contributed by atoms with Gasteiger partial charge in [-0.05, 0) is 25.9 Å². The van der Waals surface area contributed by atoms with E-state index in [-0.39, 0.29) is 13.1 Å². The van der Waals surface area contributed by atoms with Gasteiger partial charge in [-0.25, -0.2) is 4.79 Å². The van der Waals surface area contributed by atoms with Crippen LogP contribution in [0.4, 0.5) is 4.79 Å². The van der Waals surface area contributed by atoms with E-state index in [9.17, 15) is 10.0 Å². The monoisotopic (exact) mass is 174 g/mol. The Labute approximate surface area is 69.9 Å². The number of carbonyl (C=O) groups is 1. The molecule has 0 aliphatic carbocycles. The minimum Gasteiger partial charge on any atom is -0.785 e. The summed E-state index contributed by atoms with van der Waals surface area (Å²) in [6.45, 7) is 0.577. The van der Waals surface area contributed by atoms with E-state index < -0.39 is 11.8 Å². The summed E-state index contributed by atoms with van der Waals surface area (Å²) >= 11 is 0. The topological polar surface area (TPSA) is 102 Å². The molecule has 0 saturated carbocycles. The molecule has 0 aromatic carbocycles. The van der Waals surface area contributed by atoms with Crippen LogP contribution in [-0.2, 0) is 0 Å². The number of carboxylic acid groups (broad SMARTS) is 1. The maximum absolute atomic E-state index is 10.7. The van der Waals surface area contributed by atoms with Crippen molar-refractivity contribution in [2.45, 2.75) is 18.5 Å². The molecule has 12 heavy (non-hydrogen) atoms. The van der Waals surface area contributed by atoms with Gasteiger partial charge in [0.05, 0.1) is 5.66 Å². The molecular weight excluding hydrogens is 162 g/mol. The highest BCUT2D eigenvalue weighted by atomic mass is 16.5. The molecule has 0 radical (unpaired) electrons. The largest absolute Gasteiger partial charge is 0.785 e. The Morgan fingerprint density at radius 1 is 1.58 bits per heavy atom. The first-order valence-corrected chi connectivity index (χ1v) is 3.74. The molecule has 6 heteroatoms. The summed E-state index contributed by atoms with van der Waals surface area (Å²) in [5, 5.41) is 22.2. The van der Waals surface area contributed by atoms with Gasteiger partial charge in [0.15, 0.2) is 0 Å². The second-order valence-electron chi connectivity index (χ2n) is 3.02. The van der Waals surface area contributed by atoms with Gasteiger partial charge in [-0.3, -0.25) is 0 Å². The first kappa shape index (κ1) is 9.24. The molecule has 1 aliphatic heterocycles. The zero-order chi connectivity index (χ0) is 9.19. The molecule has 1 saturated heterocycles. The molecule has 1 heterocycles. The van der Waals surface area contributed by atoms with Crippen LogP contribution in [0.15, 0.2) is 0 Å². The molecule has 1 fully saturated rings. The van der Waals surface area contributed by atoms with E-state index >= 15 is 0 Å². The van der Waals surface area contributed by atoms with Crippen molar-refractivity contribution in [2.75, 3.05) is 13.1 Å². The van der Waals surface area contributed by atoms with E-state index in [2.05, 4.69) is 5.32 Å². The summed E-state index contributed by atoms with van der Waals surface area (Å²) in [4.78, 5) is 10.3. The van der Waals surface area contributed by atoms with E-state index in [0.29, 0.717) is 12.8 Å². The fraction of sp³-hybridized carbons (Fsp3) is 0.833. The van der Waals surface area contributed by atoms with Crippen LogP contribution in [0.25, 0.3) is 0 Å². The molecule has 0 aromatic heterocycles. The Hall–Kier alpha value is -0.850. The molecule has 0 atom stereocenters. The fourth-order valence-corrected chi connectivity index (χ4v) is 1.22. The third kappa shape index (κ3) is 2.33. The molecule has 4 N–H and O–H groups in total. The molecule has 0 unspecified atom stereocenters. The standard InChI is InChI=1S/C6H12N3O3/c7-6(8-5(10)11)1-3-9(12)4-2-6/h8H,1-4,7H2,(H,10,11)/q-1. The summed E-state index contributed by atoms with van der Waals surface area (Å²) in [7, 11) is 0. The smallest absolute Gasteiger partial charge is 0.406 e. The summed E-state index contributed by atoms with van der Waals surface area (Å²) in [6, 6.07) is 0. The average Bonchev–Trinajstić information content (AvgIpc) is 1.94. The number of nitrogens with two attached hydrogens (primary N) is 1. The van der Waals surface area contributed by atoms with Gasteiger partial charge < -0.3 is 26.4 Å². The Balaban J connectivity index is 2.44. The van der Waals surface area contributed by atoms with Crippen LogP contribution < -0.4 is 11.1 Å². The van der Waals surface area contributed by atoms with Crippen molar-refractivity contribution in [1.82, 2.24) is 10.4 Å². The van der Waals surface area contributed by atoms with Crippen molar-refractivity contribution in [2.24, 2.45) is 5.73 Å². The average molecular weight is 174 g/mol. The zero-order valence-electron chi connectivity index (χ0n) is 6.62. The number of piperidine rings is 1. The van der Waals surface area contributed by atoms with Gasteiger partial charge in [-0.2, -0.15) is 0 Å². The lowest BCUT2D eigenvalue weighted by Crippen LogP contribution is -2.60. The van der Waals surface area contributed by atoms with Gasteiger partial charge in [0.25, 0.3) is 0 Å². The summed E-state index contributed by atoms with van der Waals surface area (Å²) in [6.07, 6.45) is -0.414. The van der Waals surface area contributed by atoms with Gasteiger partial charge in [0.1, 0.15) is 0 Å². The maximum atomic E-state index is 10.7. The van der Waals surface area contributed by atoms with Crippen LogP contribution in [0.2, 0.25) is 0 Å². The van der Waals surface area contributed by atoms with Crippen molar-refractivity contribution in [3.63, 3.8) is 0 Å². The number of rotatable bonds is 1. The Bertz CT molecular complexity index is 177. The van der Waals surface area contributed by atoms with Crippen molar-refractivity contribution in [3.05, 3.63) is 5.21 Å². The molecule has 6 nitrogen and oxygen atoms in total. The number of amides is 1. The third-order valence-electron chi connectivity index (χ3n) is 1.97. The van der Waals surface area contributed by atoms with Crippen LogP contribution in [-0.4, -0.2) is 35.0 Å². The van der Waals surface area contributed by atoms with E-state index in [1.54, 1.807) is 0 Å². The zero-order valence-corrected chi connectivity index (χ0v) is 6.62. The molecular formula is C6H12N3O3-. The van der Waals surface area contributed by atoms with Gasteiger partial charge in [0, 0.05) is 0 Å². The molecule has 1 rings (SSSR count). The van der Waals surface area contributed by atoms with Crippen molar-refractivity contribution in [1.29, 1.82) is 0 Å². The second kappa shape index (κ2) is 3.26. The first-order chi connectivity index (χ1) is 5.52. The SMILES string of the molecule is NC1(NC(=O)O)CCN([O-])CC1. The highest BCUT2D eigenvalue weighted by Crippen LogP contribution is 2.15. The highest BCUT2D eigenvalue weighted by Gasteiger charge is 2.29. The van der Waals surface area contributed by atoms with Gasteiger partial charge >= 0.3 is 6.09 Å². The normalized spacial score (nSPS) is 23.5. The Morgan fingerprint density at radius 3 is 2.50 bits per heavy atom. The molecule has 1 amide bonds. The second-order valence-corrected chi connectivity index (χ2v) is 3.02. The minimum atomic E-state index is -1.14. The highest BCUT2D eigenvalue weighted by molar-refractivity contribution is 5.65. The molecule has 1 aliphatic rings. The van der Waals surface area contributed by atoms with E-state index in [1.807, 2.05) is 0 Å². The van der Waals surface area contributed by atoms with E-state index in [0.717, 1.165) is 5.06 Å². The lowest BCUT2D eigenvalue weighted by Gasteiger charge is -2.41. The number of nitrogens with zero attached hydrogens (tertiary/aromatic N) is 1. The van der Waals surface area contributed by atoms with Crippen LogP contribution >= 0.6 is 0 Å². The van der Waals surface area contributed by atoms with Gasteiger partial charge in [-0.15, -0.1) is 0 Å². The number of hydrogen-bond acceptors (Lipinski definition) is 4. The summed E-state index contributed by atoms with van der Waals surface area (Å²) in [5.74, 6) is 0. The van der Waals surface area contributed by atoms with Crippen molar-refractivity contribution >= 4 is 6.09 Å². The van der Waals surface area contributed by atoms with Gasteiger partial charge in [0.2, 0.25) is 0 Å². The first-order valence-electron chi connectivity index (χ1n) is 3.74. The number of hydrogen-bond donors (Lipinski definition) is 3. The lowest BCUT2D eigenvalue weighted by atomic mass is 9.99. The Morgan fingerprint density at radius 2 is 2.08 bits per heavy atom. The lowest BCUT2D eigenvalue weighted by molar-refractivity contribution is 0.146. The van der Waals surface area contributed by atoms with Crippen LogP contribution in [0.3, 0.4) is 0 Å². The molecule has 70 valence electrons. The van der Waals surface area contributed by atoms with E-state index in [4.69, 9.17) is 10.8 Å². The third-order valence-corrected chi connectivity index (χ3v) is 1.97. The molecule has 0 bridgehead atoms. The predicted molar refractivity (Wildman–Crippen MR) is 42.3 cm³/mol. The number of nitrogens with one attached hydrogen (secondary N) is 1. The van der Waals surface area contributed by atoms with Crippen molar-refractivity contribution < 1.29 is 9.90 Å². The number of hydroxylamine groups is 2. The van der Waals surface area contributed by atoms with Crippen LogP contribution in [0.5, 0.6) is 0 Å². The van der Waals surface area contributed by atoms with Gasteiger partial charge in [-0.1, -0.05) is 0 Å². The fourth-order valence-electron chi connectivity index (χ4n) is 1.22. The van der Waals surface area contributed by atoms with Crippen molar-refractivity contribution in [3.8, 4) is 0 Å². The van der Waals surface area contributed by atoms with Crippen LogP contribution in [0, 0.1) is 5.21 Å². The predicted octanol–water partition coefficient (Wildman–Crippen LogP) is -0.497. The molecule has 0 spiro atoms. The maximum Gasteiger partial charge on any atom is 0.406 e. The quantitative estimate of drug-likeness (QED) is 0.465. The molecule has 0 aromatic rings. The Kier molecular flexibility index (Phi) is 2.51. The minimum absolute atomic E-state index is 0.288.